The van der Waals surface area contributed by atoms with Gasteiger partial charge < -0.3 is 10.4 Å². The summed E-state index contributed by atoms with van der Waals surface area (Å²) in [5.74, 6) is -0.504. The van der Waals surface area contributed by atoms with Crippen LogP contribution in [0.25, 0.3) is 0 Å². The van der Waals surface area contributed by atoms with Crippen molar-refractivity contribution >= 4 is 17.6 Å². The molecular formula is C16H21NO3. The number of rotatable bonds is 4. The topological polar surface area (TPSA) is 66.4 Å². The van der Waals surface area contributed by atoms with Crippen LogP contribution in [0.2, 0.25) is 0 Å². The Balaban J connectivity index is 1.96. The van der Waals surface area contributed by atoms with Crippen LogP contribution in [0.3, 0.4) is 0 Å². The highest BCUT2D eigenvalue weighted by Crippen LogP contribution is 2.26. The van der Waals surface area contributed by atoms with Crippen molar-refractivity contribution in [3.63, 3.8) is 0 Å². The van der Waals surface area contributed by atoms with Crippen molar-refractivity contribution in [3.8, 4) is 0 Å². The van der Waals surface area contributed by atoms with E-state index in [9.17, 15) is 9.59 Å². The zero-order chi connectivity index (χ0) is 14.5. The molecule has 4 nitrogen and oxygen atoms in total. The van der Waals surface area contributed by atoms with E-state index in [-0.39, 0.29) is 11.5 Å². The summed E-state index contributed by atoms with van der Waals surface area (Å²) in [6.45, 7) is 1.75. The molecule has 1 aliphatic rings. The fourth-order valence-electron chi connectivity index (χ4n) is 2.80. The van der Waals surface area contributed by atoms with Gasteiger partial charge in [0.05, 0.1) is 5.56 Å². The minimum absolute atomic E-state index is 0.0166. The van der Waals surface area contributed by atoms with Crippen LogP contribution in [-0.4, -0.2) is 17.0 Å². The predicted molar refractivity (Wildman–Crippen MR) is 78.0 cm³/mol. The molecule has 0 aliphatic heterocycles. The molecule has 0 bridgehead atoms. The fourth-order valence-corrected chi connectivity index (χ4v) is 2.80. The standard InChI is InChI=1S/C16H21NO3/c1-11-7-8-13(10-14(11)16(19)20)17-15(18)9-12-5-3-2-4-6-12/h7-8,10,12H,2-6,9H2,1H3,(H,17,18)(H,19,20). The van der Waals surface area contributed by atoms with Gasteiger partial charge in [-0.05, 0) is 43.4 Å². The van der Waals surface area contributed by atoms with Crippen molar-refractivity contribution in [1.29, 1.82) is 0 Å². The smallest absolute Gasteiger partial charge is 0.336 e. The maximum absolute atomic E-state index is 12.0. The molecule has 108 valence electrons. The molecule has 2 rings (SSSR count). The zero-order valence-electron chi connectivity index (χ0n) is 11.8. The summed E-state index contributed by atoms with van der Waals surface area (Å²) in [5.41, 5.74) is 1.50. The van der Waals surface area contributed by atoms with Crippen LogP contribution in [0.1, 0.15) is 54.4 Å². The average molecular weight is 275 g/mol. The van der Waals surface area contributed by atoms with Crippen molar-refractivity contribution in [1.82, 2.24) is 0 Å². The van der Waals surface area contributed by atoms with Gasteiger partial charge in [0.15, 0.2) is 0 Å². The first kappa shape index (κ1) is 14.6. The number of aromatic carboxylic acids is 1. The van der Waals surface area contributed by atoms with Crippen molar-refractivity contribution in [3.05, 3.63) is 29.3 Å². The van der Waals surface area contributed by atoms with Crippen LogP contribution in [-0.2, 0) is 4.79 Å². The van der Waals surface area contributed by atoms with Gasteiger partial charge in [0.25, 0.3) is 0 Å². The first-order valence-electron chi connectivity index (χ1n) is 7.20. The van der Waals surface area contributed by atoms with Crippen LogP contribution < -0.4 is 5.32 Å². The summed E-state index contributed by atoms with van der Waals surface area (Å²) in [7, 11) is 0. The largest absolute Gasteiger partial charge is 0.478 e. The summed E-state index contributed by atoms with van der Waals surface area (Å²) in [4.78, 5) is 23.1. The maximum Gasteiger partial charge on any atom is 0.336 e. The molecular weight excluding hydrogens is 254 g/mol. The summed E-state index contributed by atoms with van der Waals surface area (Å²) < 4.78 is 0. The molecule has 0 unspecified atom stereocenters. The number of anilines is 1. The van der Waals surface area contributed by atoms with Crippen molar-refractivity contribution < 1.29 is 14.7 Å². The lowest BCUT2D eigenvalue weighted by Gasteiger charge is -2.20. The van der Waals surface area contributed by atoms with Crippen LogP contribution in [0.5, 0.6) is 0 Å². The van der Waals surface area contributed by atoms with Gasteiger partial charge >= 0.3 is 5.97 Å². The van der Waals surface area contributed by atoms with Crippen LogP contribution in [0.4, 0.5) is 5.69 Å². The predicted octanol–water partition coefficient (Wildman–Crippen LogP) is 3.60. The number of carbonyl (C=O) groups excluding carboxylic acids is 1. The normalized spacial score (nSPS) is 15.8. The summed E-state index contributed by atoms with van der Waals surface area (Å²) >= 11 is 0. The number of hydrogen-bond acceptors (Lipinski definition) is 2. The first-order chi connectivity index (χ1) is 9.56. The Hall–Kier alpha value is -1.84. The van der Waals surface area contributed by atoms with Gasteiger partial charge in [-0.1, -0.05) is 25.3 Å². The number of carbonyl (C=O) groups is 2. The molecule has 0 radical (unpaired) electrons. The van der Waals surface area contributed by atoms with Crippen molar-refractivity contribution in [2.45, 2.75) is 45.4 Å². The van der Waals surface area contributed by atoms with E-state index in [4.69, 9.17) is 5.11 Å². The molecule has 0 heterocycles. The number of aryl methyl sites for hydroxylation is 1. The second-order valence-electron chi connectivity index (χ2n) is 5.59. The Morgan fingerprint density at radius 1 is 1.25 bits per heavy atom. The molecule has 1 aromatic carbocycles. The van der Waals surface area contributed by atoms with Gasteiger partial charge in [-0.3, -0.25) is 4.79 Å². The first-order valence-corrected chi connectivity index (χ1v) is 7.20. The van der Waals surface area contributed by atoms with E-state index in [1.54, 1.807) is 19.1 Å². The SMILES string of the molecule is Cc1ccc(NC(=O)CC2CCCCC2)cc1C(=O)O. The molecule has 1 aromatic rings. The molecule has 1 fully saturated rings. The molecule has 20 heavy (non-hydrogen) atoms. The molecule has 2 N–H and O–H groups in total. The third kappa shape index (κ3) is 3.83. The molecule has 0 saturated heterocycles. The lowest BCUT2D eigenvalue weighted by Crippen LogP contribution is -2.18. The Morgan fingerprint density at radius 3 is 2.60 bits per heavy atom. The Bertz CT molecular complexity index is 504. The molecule has 1 saturated carbocycles. The van der Waals surface area contributed by atoms with Gasteiger partial charge in [0.2, 0.25) is 5.91 Å². The zero-order valence-corrected chi connectivity index (χ0v) is 11.8. The van der Waals surface area contributed by atoms with E-state index in [2.05, 4.69) is 5.32 Å². The third-order valence-electron chi connectivity index (χ3n) is 3.95. The van der Waals surface area contributed by atoms with Crippen LogP contribution in [0, 0.1) is 12.8 Å². The highest BCUT2D eigenvalue weighted by atomic mass is 16.4. The molecule has 0 atom stereocenters. The highest BCUT2D eigenvalue weighted by molar-refractivity contribution is 5.94. The summed E-state index contributed by atoms with van der Waals surface area (Å²) in [6, 6.07) is 5.00. The second-order valence-corrected chi connectivity index (χ2v) is 5.59. The van der Waals surface area contributed by atoms with Crippen molar-refractivity contribution in [2.24, 2.45) is 5.92 Å². The van der Waals surface area contributed by atoms with E-state index in [1.807, 2.05) is 0 Å². The molecule has 1 aliphatic carbocycles. The van der Waals surface area contributed by atoms with E-state index >= 15 is 0 Å². The Kier molecular flexibility index (Phi) is 4.77. The summed E-state index contributed by atoms with van der Waals surface area (Å²) in [6.07, 6.45) is 6.50. The minimum atomic E-state index is -0.967. The Labute approximate surface area is 119 Å². The monoisotopic (exact) mass is 275 g/mol. The quantitative estimate of drug-likeness (QED) is 0.882. The second kappa shape index (κ2) is 6.55. The van der Waals surface area contributed by atoms with Gasteiger partial charge in [-0.25, -0.2) is 4.79 Å². The van der Waals surface area contributed by atoms with E-state index < -0.39 is 5.97 Å². The molecule has 0 aromatic heterocycles. The van der Waals surface area contributed by atoms with Gasteiger partial charge in [-0.2, -0.15) is 0 Å². The molecule has 4 heteroatoms. The highest BCUT2D eigenvalue weighted by Gasteiger charge is 2.17. The van der Waals surface area contributed by atoms with Crippen LogP contribution in [0.15, 0.2) is 18.2 Å². The number of benzene rings is 1. The number of hydrogen-bond donors (Lipinski definition) is 2. The fraction of sp³-hybridized carbons (Fsp3) is 0.500. The number of carboxylic acids is 1. The van der Waals surface area contributed by atoms with Crippen molar-refractivity contribution in [2.75, 3.05) is 5.32 Å². The van der Waals surface area contributed by atoms with Gasteiger partial charge in [-0.15, -0.1) is 0 Å². The van der Waals surface area contributed by atoms with Gasteiger partial charge in [0.1, 0.15) is 0 Å². The maximum atomic E-state index is 12.0. The van der Waals surface area contributed by atoms with E-state index in [1.165, 1.54) is 25.3 Å². The minimum Gasteiger partial charge on any atom is -0.478 e. The molecule has 1 amide bonds. The van der Waals surface area contributed by atoms with E-state index in [0.29, 0.717) is 23.6 Å². The number of amides is 1. The lowest BCUT2D eigenvalue weighted by atomic mass is 9.87. The van der Waals surface area contributed by atoms with E-state index in [0.717, 1.165) is 12.8 Å². The Morgan fingerprint density at radius 2 is 1.95 bits per heavy atom. The number of carboxylic acid groups (broad SMARTS) is 1. The van der Waals surface area contributed by atoms with Crippen LogP contribution >= 0.6 is 0 Å². The number of nitrogens with one attached hydrogen (secondary N) is 1. The average Bonchev–Trinajstić information content (AvgIpc) is 2.41. The summed E-state index contributed by atoms with van der Waals surface area (Å²) in [5, 5.41) is 11.9. The van der Waals surface area contributed by atoms with Gasteiger partial charge in [0, 0.05) is 12.1 Å². The molecule has 0 spiro atoms. The third-order valence-corrected chi connectivity index (χ3v) is 3.95. The lowest BCUT2D eigenvalue weighted by molar-refractivity contribution is -0.117.